The second-order valence-corrected chi connectivity index (χ2v) is 5.36. The lowest BCUT2D eigenvalue weighted by molar-refractivity contribution is 0.0782. The quantitative estimate of drug-likeness (QED) is 0.825. The molecule has 4 nitrogen and oxygen atoms in total. The largest absolute Gasteiger partial charge is 0.360 e. The summed E-state index contributed by atoms with van der Waals surface area (Å²) in [5.74, 6) is 1.53. The van der Waals surface area contributed by atoms with Gasteiger partial charge in [-0.25, -0.2) is 0 Å². The maximum absolute atomic E-state index is 12.3. The van der Waals surface area contributed by atoms with Gasteiger partial charge in [-0.15, -0.1) is 0 Å². The van der Waals surface area contributed by atoms with Crippen molar-refractivity contribution < 1.29 is 9.32 Å². The molecule has 0 radical (unpaired) electrons. The SMILES string of the molecule is CCCCN(C)C(=O)c1noc2c1CC(C)CC2. The molecule has 1 aliphatic carbocycles. The lowest BCUT2D eigenvalue weighted by Crippen LogP contribution is -2.29. The first-order chi connectivity index (χ1) is 8.63. The molecule has 1 amide bonds. The minimum absolute atomic E-state index is 0.00236. The first-order valence-electron chi connectivity index (χ1n) is 6.86. The van der Waals surface area contributed by atoms with Crippen LogP contribution in [-0.2, 0) is 12.8 Å². The predicted octanol–water partition coefficient (Wildman–Crippen LogP) is 2.67. The van der Waals surface area contributed by atoms with Crippen LogP contribution in [0.25, 0.3) is 0 Å². The van der Waals surface area contributed by atoms with Gasteiger partial charge in [-0.2, -0.15) is 0 Å². The molecular formula is C14H22N2O2. The molecule has 0 aliphatic heterocycles. The lowest BCUT2D eigenvalue weighted by atomic mass is 9.88. The summed E-state index contributed by atoms with van der Waals surface area (Å²) in [5.41, 5.74) is 1.58. The van der Waals surface area contributed by atoms with E-state index in [4.69, 9.17) is 4.52 Å². The van der Waals surface area contributed by atoms with Gasteiger partial charge < -0.3 is 9.42 Å². The molecule has 0 spiro atoms. The molecule has 0 bridgehead atoms. The summed E-state index contributed by atoms with van der Waals surface area (Å²) in [6, 6.07) is 0. The Kier molecular flexibility index (Phi) is 4.04. The molecule has 2 rings (SSSR count). The minimum atomic E-state index is 0.00236. The molecule has 4 heteroatoms. The Morgan fingerprint density at radius 2 is 2.33 bits per heavy atom. The third-order valence-electron chi connectivity index (χ3n) is 3.68. The van der Waals surface area contributed by atoms with E-state index in [0.717, 1.165) is 50.0 Å². The number of rotatable bonds is 4. The van der Waals surface area contributed by atoms with Gasteiger partial charge in [0.05, 0.1) is 0 Å². The van der Waals surface area contributed by atoms with Crippen molar-refractivity contribution in [3.63, 3.8) is 0 Å². The van der Waals surface area contributed by atoms with Crippen molar-refractivity contribution in [2.45, 2.75) is 46.0 Å². The zero-order valence-corrected chi connectivity index (χ0v) is 11.5. The standard InChI is InChI=1S/C14H22N2O2/c1-4-5-8-16(3)14(17)13-11-9-10(2)6-7-12(11)18-15-13/h10H,4-9H2,1-3H3. The molecule has 1 aliphatic rings. The molecule has 18 heavy (non-hydrogen) atoms. The van der Waals surface area contributed by atoms with E-state index in [9.17, 15) is 4.79 Å². The van der Waals surface area contributed by atoms with E-state index < -0.39 is 0 Å². The molecule has 0 fully saturated rings. The highest BCUT2D eigenvalue weighted by Crippen LogP contribution is 2.28. The van der Waals surface area contributed by atoms with Crippen molar-refractivity contribution in [3.05, 3.63) is 17.0 Å². The van der Waals surface area contributed by atoms with E-state index in [1.807, 2.05) is 7.05 Å². The molecular weight excluding hydrogens is 228 g/mol. The van der Waals surface area contributed by atoms with Gasteiger partial charge in [0.15, 0.2) is 5.69 Å². The monoisotopic (exact) mass is 250 g/mol. The molecule has 1 heterocycles. The third-order valence-corrected chi connectivity index (χ3v) is 3.68. The number of nitrogens with zero attached hydrogens (tertiary/aromatic N) is 2. The molecule has 0 aromatic carbocycles. The fraction of sp³-hybridized carbons (Fsp3) is 0.714. The van der Waals surface area contributed by atoms with Crippen molar-refractivity contribution in [2.75, 3.05) is 13.6 Å². The van der Waals surface area contributed by atoms with Gasteiger partial charge in [0.1, 0.15) is 5.76 Å². The normalized spacial score (nSPS) is 18.5. The van der Waals surface area contributed by atoms with Crippen LogP contribution in [-0.4, -0.2) is 29.6 Å². The number of hydrogen-bond acceptors (Lipinski definition) is 3. The fourth-order valence-electron chi connectivity index (χ4n) is 2.42. The molecule has 1 unspecified atom stereocenters. The Balaban J connectivity index is 2.13. The van der Waals surface area contributed by atoms with Crippen molar-refractivity contribution in [3.8, 4) is 0 Å². The molecule has 0 saturated carbocycles. The highest BCUT2D eigenvalue weighted by Gasteiger charge is 2.28. The van der Waals surface area contributed by atoms with Gasteiger partial charge in [-0.1, -0.05) is 25.4 Å². The van der Waals surface area contributed by atoms with Crippen LogP contribution in [0.3, 0.4) is 0 Å². The van der Waals surface area contributed by atoms with Gasteiger partial charge in [0, 0.05) is 25.6 Å². The summed E-state index contributed by atoms with van der Waals surface area (Å²) in [6.07, 6.45) is 5.07. The van der Waals surface area contributed by atoms with E-state index in [1.165, 1.54) is 0 Å². The summed E-state index contributed by atoms with van der Waals surface area (Å²) in [4.78, 5) is 14.0. The van der Waals surface area contributed by atoms with Crippen molar-refractivity contribution in [2.24, 2.45) is 5.92 Å². The van der Waals surface area contributed by atoms with Gasteiger partial charge in [-0.3, -0.25) is 4.79 Å². The van der Waals surface area contributed by atoms with E-state index in [1.54, 1.807) is 4.90 Å². The van der Waals surface area contributed by atoms with E-state index >= 15 is 0 Å². The maximum atomic E-state index is 12.3. The number of aryl methyl sites for hydroxylation is 1. The number of carbonyl (C=O) groups excluding carboxylic acids is 1. The summed E-state index contributed by atoms with van der Waals surface area (Å²) in [7, 11) is 1.84. The van der Waals surface area contributed by atoms with E-state index in [2.05, 4.69) is 19.0 Å². The number of amides is 1. The van der Waals surface area contributed by atoms with Crippen molar-refractivity contribution in [1.82, 2.24) is 10.1 Å². The second kappa shape index (κ2) is 5.55. The molecule has 1 atom stereocenters. The number of carbonyl (C=O) groups is 1. The van der Waals surface area contributed by atoms with E-state index in [0.29, 0.717) is 11.6 Å². The first kappa shape index (κ1) is 13.1. The van der Waals surface area contributed by atoms with Gasteiger partial charge in [0.2, 0.25) is 0 Å². The average Bonchev–Trinajstić information content (AvgIpc) is 2.77. The van der Waals surface area contributed by atoms with Crippen LogP contribution in [0.2, 0.25) is 0 Å². The van der Waals surface area contributed by atoms with Crippen LogP contribution in [0.15, 0.2) is 4.52 Å². The minimum Gasteiger partial charge on any atom is -0.360 e. The third kappa shape index (κ3) is 2.57. The highest BCUT2D eigenvalue weighted by atomic mass is 16.5. The van der Waals surface area contributed by atoms with E-state index in [-0.39, 0.29) is 5.91 Å². The second-order valence-electron chi connectivity index (χ2n) is 5.36. The van der Waals surface area contributed by atoms with Crippen LogP contribution in [0.1, 0.15) is 54.9 Å². The zero-order valence-electron chi connectivity index (χ0n) is 11.5. The Bertz CT molecular complexity index is 425. The molecule has 100 valence electrons. The molecule has 1 aromatic heterocycles. The van der Waals surface area contributed by atoms with Crippen LogP contribution >= 0.6 is 0 Å². The predicted molar refractivity (Wildman–Crippen MR) is 69.6 cm³/mol. The average molecular weight is 250 g/mol. The van der Waals surface area contributed by atoms with Crippen LogP contribution in [0.5, 0.6) is 0 Å². The summed E-state index contributed by atoms with van der Waals surface area (Å²) in [6.45, 7) is 5.12. The van der Waals surface area contributed by atoms with Crippen molar-refractivity contribution in [1.29, 1.82) is 0 Å². The van der Waals surface area contributed by atoms with Crippen LogP contribution in [0, 0.1) is 5.92 Å². The Morgan fingerprint density at radius 3 is 3.06 bits per heavy atom. The van der Waals surface area contributed by atoms with Gasteiger partial charge >= 0.3 is 0 Å². The highest BCUT2D eigenvalue weighted by molar-refractivity contribution is 5.93. The van der Waals surface area contributed by atoms with Crippen LogP contribution in [0.4, 0.5) is 0 Å². The molecule has 0 saturated heterocycles. The summed E-state index contributed by atoms with van der Waals surface area (Å²) < 4.78 is 5.31. The Labute approximate surface area is 108 Å². The maximum Gasteiger partial charge on any atom is 0.276 e. The lowest BCUT2D eigenvalue weighted by Gasteiger charge is -2.19. The first-order valence-corrected chi connectivity index (χ1v) is 6.86. The van der Waals surface area contributed by atoms with Gasteiger partial charge in [-0.05, 0) is 25.2 Å². The number of aromatic nitrogens is 1. The fourth-order valence-corrected chi connectivity index (χ4v) is 2.42. The van der Waals surface area contributed by atoms with Gasteiger partial charge in [0.25, 0.3) is 5.91 Å². The van der Waals surface area contributed by atoms with Crippen LogP contribution < -0.4 is 0 Å². The summed E-state index contributed by atoms with van der Waals surface area (Å²) in [5, 5.41) is 4.00. The molecule has 1 aromatic rings. The number of fused-ring (bicyclic) bond motifs is 1. The number of unbranched alkanes of at least 4 members (excludes halogenated alkanes) is 1. The topological polar surface area (TPSA) is 46.3 Å². The number of hydrogen-bond donors (Lipinski definition) is 0. The Morgan fingerprint density at radius 1 is 1.56 bits per heavy atom. The smallest absolute Gasteiger partial charge is 0.276 e. The Hall–Kier alpha value is -1.32. The zero-order chi connectivity index (χ0) is 13.1. The molecule has 0 N–H and O–H groups in total. The summed E-state index contributed by atoms with van der Waals surface area (Å²) >= 11 is 0. The van der Waals surface area contributed by atoms with Crippen molar-refractivity contribution >= 4 is 5.91 Å².